The molecule has 2 aliphatic rings. The number of rotatable bonds is 4. The van der Waals surface area contributed by atoms with Crippen LogP contribution in [0.2, 0.25) is 0 Å². The summed E-state index contributed by atoms with van der Waals surface area (Å²) in [7, 11) is 1.75. The molecule has 4 aromatic rings. The van der Waals surface area contributed by atoms with Gasteiger partial charge in [-0.25, -0.2) is 14.4 Å². The summed E-state index contributed by atoms with van der Waals surface area (Å²) in [6.45, 7) is 0.159. The molecule has 0 saturated heterocycles. The fourth-order valence-corrected chi connectivity index (χ4v) is 4.51. The van der Waals surface area contributed by atoms with Gasteiger partial charge < -0.3 is 9.09 Å². The van der Waals surface area contributed by atoms with Crippen LogP contribution in [-0.2, 0) is 13.6 Å². The lowest BCUT2D eigenvalue weighted by atomic mass is 10.0. The van der Waals surface area contributed by atoms with Crippen LogP contribution in [0.25, 0.3) is 16.7 Å². The van der Waals surface area contributed by atoms with Gasteiger partial charge in [0.1, 0.15) is 18.7 Å². The third kappa shape index (κ3) is 2.62. The highest BCUT2D eigenvalue weighted by atomic mass is 19.1. The lowest BCUT2D eigenvalue weighted by Gasteiger charge is -2.05. The maximum Gasteiger partial charge on any atom is 0.280 e. The topological polar surface area (TPSA) is 91.6 Å². The van der Waals surface area contributed by atoms with E-state index < -0.39 is 0 Å². The molecular weight excluding hydrogens is 387 g/mol. The van der Waals surface area contributed by atoms with Gasteiger partial charge in [0.05, 0.1) is 6.33 Å². The molecule has 150 valence electrons. The van der Waals surface area contributed by atoms with Crippen LogP contribution < -0.4 is 5.56 Å². The maximum atomic E-state index is 13.5. The summed E-state index contributed by atoms with van der Waals surface area (Å²) >= 11 is 0. The standard InChI is InChI=1S/C21H17FN6O2/c1-27-9-23-20-18(27)21(29)28(10-24-20)8-16-25-19(26-30-16)17-14-6-12(7-15(14)17)11-3-2-4-13(22)5-11/h2-6,9-10,14-15,17H,7-8H2,1H3/t14?,15-,17-/m1/s1. The Morgan fingerprint density at radius 1 is 1.27 bits per heavy atom. The molecule has 3 aromatic heterocycles. The predicted octanol–water partition coefficient (Wildman–Crippen LogP) is 2.52. The van der Waals surface area contributed by atoms with Gasteiger partial charge in [0.25, 0.3) is 5.56 Å². The van der Waals surface area contributed by atoms with Crippen molar-refractivity contribution in [2.75, 3.05) is 0 Å². The van der Waals surface area contributed by atoms with Gasteiger partial charge in [0.2, 0.25) is 5.89 Å². The highest BCUT2D eigenvalue weighted by Gasteiger charge is 2.55. The third-order valence-corrected chi connectivity index (χ3v) is 6.06. The van der Waals surface area contributed by atoms with Crippen LogP contribution in [0.1, 0.15) is 29.6 Å². The van der Waals surface area contributed by atoms with E-state index in [4.69, 9.17) is 4.52 Å². The molecule has 0 amide bonds. The Morgan fingerprint density at radius 3 is 2.93 bits per heavy atom. The summed E-state index contributed by atoms with van der Waals surface area (Å²) in [4.78, 5) is 25.5. The molecule has 0 aliphatic heterocycles. The Morgan fingerprint density at radius 2 is 2.13 bits per heavy atom. The number of aryl methyl sites for hydroxylation is 1. The van der Waals surface area contributed by atoms with Crippen LogP contribution in [0.4, 0.5) is 4.39 Å². The summed E-state index contributed by atoms with van der Waals surface area (Å²) in [5.41, 5.74) is 2.75. The van der Waals surface area contributed by atoms with E-state index in [1.807, 2.05) is 6.07 Å². The largest absolute Gasteiger partial charge is 0.337 e. The van der Waals surface area contributed by atoms with Gasteiger partial charge in [-0.3, -0.25) is 9.36 Å². The molecule has 9 heteroatoms. The van der Waals surface area contributed by atoms with Crippen molar-refractivity contribution >= 4 is 16.7 Å². The SMILES string of the molecule is Cn1cnc2ncn(Cc3nc([C@@H]4C5C=C(c6cccc(F)c6)C[C@H]54)no3)c(=O)c21. The van der Waals surface area contributed by atoms with Gasteiger partial charge in [-0.2, -0.15) is 4.98 Å². The Labute approximate surface area is 169 Å². The number of aromatic nitrogens is 6. The van der Waals surface area contributed by atoms with Crippen LogP contribution in [0, 0.1) is 17.7 Å². The number of fused-ring (bicyclic) bond motifs is 2. The molecule has 0 N–H and O–H groups in total. The summed E-state index contributed by atoms with van der Waals surface area (Å²) in [6.07, 6.45) is 6.08. The van der Waals surface area contributed by atoms with Gasteiger partial charge in [0, 0.05) is 13.0 Å². The van der Waals surface area contributed by atoms with E-state index in [-0.39, 0.29) is 23.8 Å². The van der Waals surface area contributed by atoms with E-state index in [9.17, 15) is 9.18 Å². The van der Waals surface area contributed by atoms with Crippen molar-refractivity contribution in [1.82, 2.24) is 29.2 Å². The van der Waals surface area contributed by atoms with E-state index >= 15 is 0 Å². The average Bonchev–Trinajstić information content (AvgIpc) is 3.16. The van der Waals surface area contributed by atoms with Gasteiger partial charge >= 0.3 is 0 Å². The van der Waals surface area contributed by atoms with Crippen molar-refractivity contribution in [3.05, 3.63) is 76.4 Å². The number of hydrogen-bond donors (Lipinski definition) is 0. The molecule has 3 heterocycles. The monoisotopic (exact) mass is 404 g/mol. The molecule has 30 heavy (non-hydrogen) atoms. The highest BCUT2D eigenvalue weighted by molar-refractivity contribution is 5.71. The van der Waals surface area contributed by atoms with Crippen molar-refractivity contribution < 1.29 is 8.91 Å². The zero-order chi connectivity index (χ0) is 20.4. The summed E-state index contributed by atoms with van der Waals surface area (Å²) in [5.74, 6) is 1.80. The van der Waals surface area contributed by atoms with Crippen molar-refractivity contribution in [3.63, 3.8) is 0 Å². The molecule has 1 unspecified atom stereocenters. The fraction of sp³-hybridized carbons (Fsp3) is 0.286. The zero-order valence-corrected chi connectivity index (χ0v) is 16.1. The average molecular weight is 404 g/mol. The van der Waals surface area contributed by atoms with Gasteiger partial charge in [0.15, 0.2) is 17.0 Å². The molecule has 1 aromatic carbocycles. The molecule has 1 saturated carbocycles. The summed E-state index contributed by atoms with van der Waals surface area (Å²) in [6, 6.07) is 6.70. The molecule has 0 spiro atoms. The van der Waals surface area contributed by atoms with Crippen LogP contribution >= 0.6 is 0 Å². The second-order valence-corrected chi connectivity index (χ2v) is 7.92. The molecule has 0 bridgehead atoms. The number of allylic oxidation sites excluding steroid dienone is 2. The first kappa shape index (κ1) is 17.3. The van der Waals surface area contributed by atoms with E-state index in [1.54, 1.807) is 30.1 Å². The van der Waals surface area contributed by atoms with Gasteiger partial charge in [-0.1, -0.05) is 23.4 Å². The number of imidazole rings is 1. The summed E-state index contributed by atoms with van der Waals surface area (Å²) < 4.78 is 22.0. The fourth-order valence-electron chi connectivity index (χ4n) is 4.51. The molecule has 8 nitrogen and oxygen atoms in total. The lowest BCUT2D eigenvalue weighted by Crippen LogP contribution is -2.22. The molecule has 2 aliphatic carbocycles. The van der Waals surface area contributed by atoms with Crippen LogP contribution in [-0.4, -0.2) is 29.2 Å². The zero-order valence-electron chi connectivity index (χ0n) is 16.1. The quantitative estimate of drug-likeness (QED) is 0.519. The van der Waals surface area contributed by atoms with Crippen molar-refractivity contribution in [3.8, 4) is 0 Å². The van der Waals surface area contributed by atoms with Crippen molar-refractivity contribution in [1.29, 1.82) is 0 Å². The Balaban J connectivity index is 1.21. The van der Waals surface area contributed by atoms with Crippen molar-refractivity contribution in [2.45, 2.75) is 18.9 Å². The molecule has 0 radical (unpaired) electrons. The van der Waals surface area contributed by atoms with E-state index in [2.05, 4.69) is 26.2 Å². The van der Waals surface area contributed by atoms with E-state index in [0.29, 0.717) is 34.7 Å². The number of halogens is 1. The third-order valence-electron chi connectivity index (χ3n) is 6.06. The van der Waals surface area contributed by atoms with E-state index in [1.165, 1.54) is 22.5 Å². The van der Waals surface area contributed by atoms with E-state index in [0.717, 1.165) is 12.0 Å². The Bertz CT molecular complexity index is 1380. The Kier molecular flexibility index (Phi) is 3.56. The smallest absolute Gasteiger partial charge is 0.280 e. The Hall–Kier alpha value is -3.62. The van der Waals surface area contributed by atoms with Crippen molar-refractivity contribution in [2.24, 2.45) is 18.9 Å². The minimum atomic E-state index is -0.220. The normalized spacial score (nSPS) is 22.3. The minimum Gasteiger partial charge on any atom is -0.337 e. The first-order chi connectivity index (χ1) is 14.6. The number of hydrogen-bond acceptors (Lipinski definition) is 6. The predicted molar refractivity (Wildman–Crippen MR) is 105 cm³/mol. The molecule has 6 rings (SSSR count). The molecular formula is C21H17FN6O2. The van der Waals surface area contributed by atoms with Gasteiger partial charge in [-0.15, -0.1) is 0 Å². The minimum absolute atomic E-state index is 0.159. The number of benzene rings is 1. The highest BCUT2D eigenvalue weighted by Crippen LogP contribution is 2.62. The first-order valence-corrected chi connectivity index (χ1v) is 9.74. The maximum absolute atomic E-state index is 13.5. The van der Waals surface area contributed by atoms with Crippen LogP contribution in [0.15, 0.2) is 52.3 Å². The number of nitrogens with zero attached hydrogens (tertiary/aromatic N) is 6. The van der Waals surface area contributed by atoms with Crippen LogP contribution in [0.5, 0.6) is 0 Å². The second kappa shape index (κ2) is 6.19. The molecule has 3 atom stereocenters. The molecule has 1 fully saturated rings. The summed E-state index contributed by atoms with van der Waals surface area (Å²) in [5, 5.41) is 4.14. The van der Waals surface area contributed by atoms with Crippen LogP contribution in [0.3, 0.4) is 0 Å². The lowest BCUT2D eigenvalue weighted by molar-refractivity contribution is 0.364. The first-order valence-electron chi connectivity index (χ1n) is 9.74. The second-order valence-electron chi connectivity index (χ2n) is 7.92. The van der Waals surface area contributed by atoms with Gasteiger partial charge in [-0.05, 0) is 41.5 Å².